The maximum atomic E-state index is 12.9. The summed E-state index contributed by atoms with van der Waals surface area (Å²) in [6, 6.07) is 1.28. The molecule has 2 aromatic rings. The van der Waals surface area contributed by atoms with Gasteiger partial charge in [0.05, 0.1) is 42.4 Å². The molecule has 200 valence electrons. The summed E-state index contributed by atoms with van der Waals surface area (Å²) in [5.74, 6) is -0.0961. The maximum absolute atomic E-state index is 12.9. The van der Waals surface area contributed by atoms with Crippen LogP contribution in [0.15, 0.2) is 28.3 Å². The Morgan fingerprint density at radius 3 is 2.78 bits per heavy atom. The van der Waals surface area contributed by atoms with E-state index in [0.29, 0.717) is 35.4 Å². The van der Waals surface area contributed by atoms with E-state index in [1.54, 1.807) is 24.0 Å². The number of halogens is 5. The van der Waals surface area contributed by atoms with Gasteiger partial charge in [-0.3, -0.25) is 19.7 Å². The second-order valence-corrected chi connectivity index (χ2v) is 9.30. The number of nitrogens with one attached hydrogen (secondary N) is 2. The normalized spacial score (nSPS) is 20.6. The van der Waals surface area contributed by atoms with Crippen molar-refractivity contribution in [2.24, 2.45) is 9.98 Å². The molecule has 4 rings (SSSR count). The Morgan fingerprint density at radius 2 is 2.14 bits per heavy atom. The SMILES string of the molecule is Cc1nsc(NC2=NCC(C(F)(F)F)N=C2)c1C(=O)Nc1ccc(OC2CCCN(CC(F)F)C2)nc1. The fraction of sp³-hybridized carbons (Fsp3) is 0.500. The predicted molar refractivity (Wildman–Crippen MR) is 129 cm³/mol. The number of anilines is 2. The molecule has 2 N–H and O–H groups in total. The summed E-state index contributed by atoms with van der Waals surface area (Å²) in [7, 11) is 0. The van der Waals surface area contributed by atoms with Gasteiger partial charge in [-0.2, -0.15) is 17.5 Å². The Bertz CT molecular complexity index is 1150. The number of nitrogens with zero attached hydrogens (tertiary/aromatic N) is 5. The van der Waals surface area contributed by atoms with E-state index in [4.69, 9.17) is 4.74 Å². The van der Waals surface area contributed by atoms with Crippen molar-refractivity contribution in [2.75, 3.05) is 36.8 Å². The number of aromatic nitrogens is 2. The molecule has 4 heterocycles. The third-order valence-electron chi connectivity index (χ3n) is 5.66. The minimum atomic E-state index is -4.47. The standard InChI is InChI=1S/C22H24F5N7O2S/c1-12-19(21(37-33-12)32-17-9-28-15(8-29-17)22(25,26)27)20(35)31-13-4-5-18(30-7-13)36-14-3-2-6-34(10-14)11-16(23)24/h4-5,7,9,14-16H,2-3,6,8,10-11H2,1H3,(H,29,32)(H,31,35). The van der Waals surface area contributed by atoms with Crippen LogP contribution in [0.5, 0.6) is 5.88 Å². The van der Waals surface area contributed by atoms with Crippen molar-refractivity contribution in [1.29, 1.82) is 0 Å². The third-order valence-corrected chi connectivity index (χ3v) is 6.51. The molecule has 2 aromatic heterocycles. The van der Waals surface area contributed by atoms with Crippen LogP contribution < -0.4 is 15.4 Å². The zero-order valence-corrected chi connectivity index (χ0v) is 20.5. The summed E-state index contributed by atoms with van der Waals surface area (Å²) < 4.78 is 73.6. The Kier molecular flexibility index (Phi) is 8.32. The Labute approximate surface area is 213 Å². The highest BCUT2D eigenvalue weighted by Crippen LogP contribution is 2.28. The fourth-order valence-electron chi connectivity index (χ4n) is 3.89. The molecule has 1 amide bonds. The van der Waals surface area contributed by atoms with E-state index in [2.05, 4.69) is 30.0 Å². The zero-order valence-electron chi connectivity index (χ0n) is 19.6. The summed E-state index contributed by atoms with van der Waals surface area (Å²) in [5.41, 5.74) is 1.01. The van der Waals surface area contributed by atoms with Crippen LogP contribution >= 0.6 is 11.5 Å². The summed E-state index contributed by atoms with van der Waals surface area (Å²) in [4.78, 5) is 26.1. The number of amidine groups is 1. The van der Waals surface area contributed by atoms with Crippen molar-refractivity contribution in [3.8, 4) is 5.88 Å². The van der Waals surface area contributed by atoms with E-state index in [1.807, 2.05) is 0 Å². The molecular weight excluding hydrogens is 521 g/mol. The lowest BCUT2D eigenvalue weighted by Gasteiger charge is -2.32. The number of ether oxygens (including phenoxy) is 1. The van der Waals surface area contributed by atoms with Crippen molar-refractivity contribution >= 4 is 40.2 Å². The number of hydrogen-bond donors (Lipinski definition) is 2. The number of aryl methyl sites for hydroxylation is 1. The van der Waals surface area contributed by atoms with Gasteiger partial charge in [0.15, 0.2) is 6.04 Å². The summed E-state index contributed by atoms with van der Waals surface area (Å²) >= 11 is 0.967. The minimum Gasteiger partial charge on any atom is -0.473 e. The lowest BCUT2D eigenvalue weighted by Crippen LogP contribution is -2.43. The minimum absolute atomic E-state index is 0.0937. The smallest absolute Gasteiger partial charge is 0.412 e. The molecule has 2 atom stereocenters. The van der Waals surface area contributed by atoms with Gasteiger partial charge in [0.1, 0.15) is 16.9 Å². The topological polar surface area (TPSA) is 104 Å². The summed E-state index contributed by atoms with van der Waals surface area (Å²) in [6.07, 6.45) is -3.26. The Morgan fingerprint density at radius 1 is 1.32 bits per heavy atom. The van der Waals surface area contributed by atoms with Crippen molar-refractivity contribution < 1.29 is 31.5 Å². The number of piperidine rings is 1. The molecule has 2 unspecified atom stereocenters. The molecular formula is C22H24F5N7O2S. The van der Waals surface area contributed by atoms with Crippen LogP contribution in [0.2, 0.25) is 0 Å². The molecule has 1 saturated heterocycles. The molecule has 0 spiro atoms. The van der Waals surface area contributed by atoms with Crippen LogP contribution in [-0.4, -0.2) is 83.1 Å². The second kappa shape index (κ2) is 11.5. The quantitative estimate of drug-likeness (QED) is 0.510. The first-order valence-corrected chi connectivity index (χ1v) is 12.2. The van der Waals surface area contributed by atoms with E-state index < -0.39 is 31.1 Å². The van der Waals surface area contributed by atoms with E-state index in [9.17, 15) is 26.7 Å². The fourth-order valence-corrected chi connectivity index (χ4v) is 4.69. The lowest BCUT2D eigenvalue weighted by molar-refractivity contribution is -0.144. The summed E-state index contributed by atoms with van der Waals surface area (Å²) in [5, 5.41) is 5.84. The van der Waals surface area contributed by atoms with Gasteiger partial charge in [0.25, 0.3) is 12.3 Å². The zero-order chi connectivity index (χ0) is 26.6. The number of rotatable bonds is 7. The number of likely N-dealkylation sites (tertiary alicyclic amines) is 1. The van der Waals surface area contributed by atoms with Crippen LogP contribution in [0.25, 0.3) is 0 Å². The van der Waals surface area contributed by atoms with Gasteiger partial charge >= 0.3 is 6.18 Å². The second-order valence-electron chi connectivity index (χ2n) is 8.53. The highest BCUT2D eigenvalue weighted by atomic mass is 32.1. The van der Waals surface area contributed by atoms with Gasteiger partial charge in [0, 0.05) is 12.6 Å². The van der Waals surface area contributed by atoms with Gasteiger partial charge in [-0.05, 0) is 43.9 Å². The number of pyridine rings is 1. The number of carbonyl (C=O) groups is 1. The highest BCUT2D eigenvalue weighted by Gasteiger charge is 2.40. The van der Waals surface area contributed by atoms with Gasteiger partial charge < -0.3 is 15.4 Å². The molecule has 9 nitrogen and oxygen atoms in total. The maximum Gasteiger partial charge on any atom is 0.412 e. The monoisotopic (exact) mass is 545 g/mol. The Hall–Kier alpha value is -3.20. The van der Waals surface area contributed by atoms with E-state index >= 15 is 0 Å². The molecule has 0 aliphatic carbocycles. The van der Waals surface area contributed by atoms with Crippen LogP contribution in [-0.2, 0) is 0 Å². The average molecular weight is 546 g/mol. The molecule has 0 saturated carbocycles. The van der Waals surface area contributed by atoms with Crippen molar-refractivity contribution in [1.82, 2.24) is 14.3 Å². The molecule has 15 heteroatoms. The van der Waals surface area contributed by atoms with E-state index in [-0.39, 0.29) is 24.0 Å². The molecule has 0 aromatic carbocycles. The number of carbonyl (C=O) groups excluding carboxylic acids is 1. The summed E-state index contributed by atoms with van der Waals surface area (Å²) in [6.45, 7) is 1.78. The number of hydrogen-bond acceptors (Lipinski definition) is 9. The van der Waals surface area contributed by atoms with Crippen LogP contribution in [0.1, 0.15) is 28.9 Å². The largest absolute Gasteiger partial charge is 0.473 e. The number of alkyl halides is 5. The molecule has 37 heavy (non-hydrogen) atoms. The highest BCUT2D eigenvalue weighted by molar-refractivity contribution is 7.11. The molecule has 2 aliphatic heterocycles. The molecule has 0 bridgehead atoms. The first-order chi connectivity index (χ1) is 17.6. The Balaban J connectivity index is 1.35. The van der Waals surface area contributed by atoms with Crippen molar-refractivity contribution in [3.63, 3.8) is 0 Å². The molecule has 2 aliphatic rings. The van der Waals surface area contributed by atoms with Crippen LogP contribution in [0.3, 0.4) is 0 Å². The van der Waals surface area contributed by atoms with Gasteiger partial charge in [-0.1, -0.05) is 0 Å². The van der Waals surface area contributed by atoms with Gasteiger partial charge in [0.2, 0.25) is 5.88 Å². The number of amides is 1. The van der Waals surface area contributed by atoms with Crippen LogP contribution in [0.4, 0.5) is 32.6 Å². The van der Waals surface area contributed by atoms with Gasteiger partial charge in [-0.15, -0.1) is 0 Å². The first-order valence-electron chi connectivity index (χ1n) is 11.4. The predicted octanol–water partition coefficient (Wildman–Crippen LogP) is 4.03. The third kappa shape index (κ3) is 7.19. The first kappa shape index (κ1) is 26.9. The number of aliphatic imine (C=N–C) groups is 2. The van der Waals surface area contributed by atoms with Crippen molar-refractivity contribution in [3.05, 3.63) is 29.6 Å². The van der Waals surface area contributed by atoms with Crippen LogP contribution in [0, 0.1) is 6.92 Å². The van der Waals surface area contributed by atoms with Crippen molar-refractivity contribution in [2.45, 2.75) is 44.5 Å². The van der Waals surface area contributed by atoms with E-state index in [0.717, 1.165) is 30.6 Å². The van der Waals surface area contributed by atoms with E-state index in [1.165, 1.54) is 6.20 Å². The molecule has 1 fully saturated rings. The van der Waals surface area contributed by atoms with Gasteiger partial charge in [-0.25, -0.2) is 13.8 Å². The average Bonchev–Trinajstić information content (AvgIpc) is 3.20. The molecule has 0 radical (unpaired) electrons. The lowest BCUT2D eigenvalue weighted by atomic mass is 10.1.